The van der Waals surface area contributed by atoms with Crippen LogP contribution in [-0.4, -0.2) is 22.2 Å². The van der Waals surface area contributed by atoms with E-state index in [1.54, 1.807) is 10.9 Å². The van der Waals surface area contributed by atoms with Crippen molar-refractivity contribution in [2.24, 2.45) is 0 Å². The van der Waals surface area contributed by atoms with Crippen molar-refractivity contribution >= 4 is 21.8 Å². The van der Waals surface area contributed by atoms with Crippen LogP contribution in [0.1, 0.15) is 25.3 Å². The number of hydrogen-bond donors (Lipinski definition) is 1. The molecule has 76 valence electrons. The van der Waals surface area contributed by atoms with Crippen molar-refractivity contribution in [3.63, 3.8) is 0 Å². The fourth-order valence-electron chi connectivity index (χ4n) is 1.66. The van der Waals surface area contributed by atoms with Gasteiger partial charge in [-0.15, -0.1) is 0 Å². The van der Waals surface area contributed by atoms with Crippen molar-refractivity contribution in [1.29, 1.82) is 0 Å². The van der Waals surface area contributed by atoms with Gasteiger partial charge in [0.2, 0.25) is 5.91 Å². The molecule has 1 unspecified atom stereocenters. The first-order valence-corrected chi connectivity index (χ1v) is 5.54. The first-order chi connectivity index (χ1) is 6.77. The van der Waals surface area contributed by atoms with Gasteiger partial charge in [-0.1, -0.05) is 0 Å². The third-order valence-corrected chi connectivity index (χ3v) is 2.81. The number of nitrogens with one attached hydrogen (secondary N) is 1. The Kier molecular flexibility index (Phi) is 2.86. The third kappa shape index (κ3) is 1.97. The van der Waals surface area contributed by atoms with Gasteiger partial charge in [0.15, 0.2) is 0 Å². The Bertz CT molecular complexity index is 337. The van der Waals surface area contributed by atoms with E-state index < -0.39 is 0 Å². The van der Waals surface area contributed by atoms with E-state index in [-0.39, 0.29) is 11.9 Å². The maximum Gasteiger partial charge on any atom is 0.244 e. The van der Waals surface area contributed by atoms with E-state index in [0.717, 1.165) is 30.3 Å². The molecule has 1 aliphatic heterocycles. The minimum Gasteiger partial charge on any atom is -0.354 e. The standard InChI is InChI=1S/C9H12BrN3O/c10-7-5-12-13(6-7)8-3-1-2-4-11-9(8)14/h5-6,8H,1-4H2,(H,11,14). The smallest absolute Gasteiger partial charge is 0.244 e. The lowest BCUT2D eigenvalue weighted by Gasteiger charge is -2.12. The Morgan fingerprint density at radius 1 is 1.57 bits per heavy atom. The van der Waals surface area contributed by atoms with Crippen LogP contribution < -0.4 is 5.32 Å². The number of carbonyl (C=O) groups excluding carboxylic acids is 1. The highest BCUT2D eigenvalue weighted by Crippen LogP contribution is 2.19. The molecule has 1 N–H and O–H groups in total. The first-order valence-electron chi connectivity index (χ1n) is 4.75. The molecular formula is C9H12BrN3O. The van der Waals surface area contributed by atoms with Crippen LogP contribution >= 0.6 is 15.9 Å². The number of rotatable bonds is 1. The second-order valence-electron chi connectivity index (χ2n) is 3.44. The topological polar surface area (TPSA) is 46.9 Å². The largest absolute Gasteiger partial charge is 0.354 e. The number of halogens is 1. The molecule has 1 fully saturated rings. The van der Waals surface area contributed by atoms with E-state index in [1.165, 1.54) is 0 Å². The zero-order chi connectivity index (χ0) is 9.97. The van der Waals surface area contributed by atoms with Gasteiger partial charge in [-0.2, -0.15) is 5.10 Å². The summed E-state index contributed by atoms with van der Waals surface area (Å²) in [5, 5.41) is 7.03. The molecule has 0 aromatic carbocycles. The zero-order valence-electron chi connectivity index (χ0n) is 7.74. The summed E-state index contributed by atoms with van der Waals surface area (Å²) in [6.07, 6.45) is 6.55. The molecule has 1 amide bonds. The van der Waals surface area contributed by atoms with Gasteiger partial charge >= 0.3 is 0 Å². The highest BCUT2D eigenvalue weighted by atomic mass is 79.9. The second kappa shape index (κ2) is 4.13. The van der Waals surface area contributed by atoms with Gasteiger partial charge in [-0.3, -0.25) is 9.48 Å². The molecule has 1 aromatic rings. The van der Waals surface area contributed by atoms with E-state index in [0.29, 0.717) is 0 Å². The van der Waals surface area contributed by atoms with Crippen LogP contribution in [0, 0.1) is 0 Å². The molecule has 1 aromatic heterocycles. The molecule has 2 rings (SSSR count). The summed E-state index contributed by atoms with van der Waals surface area (Å²) in [4.78, 5) is 11.6. The number of amides is 1. The first kappa shape index (κ1) is 9.71. The van der Waals surface area contributed by atoms with Gasteiger partial charge < -0.3 is 5.32 Å². The van der Waals surface area contributed by atoms with Gasteiger partial charge in [-0.25, -0.2) is 0 Å². The SMILES string of the molecule is O=C1NCCCCC1n1cc(Br)cn1. The summed E-state index contributed by atoms with van der Waals surface area (Å²) in [5.74, 6) is 0.0816. The quantitative estimate of drug-likeness (QED) is 0.829. The fourth-order valence-corrected chi connectivity index (χ4v) is 1.96. The molecule has 14 heavy (non-hydrogen) atoms. The third-order valence-electron chi connectivity index (χ3n) is 2.40. The number of aromatic nitrogens is 2. The van der Waals surface area contributed by atoms with Crippen molar-refractivity contribution < 1.29 is 4.79 Å². The van der Waals surface area contributed by atoms with Crippen LogP contribution in [0.2, 0.25) is 0 Å². The molecule has 4 nitrogen and oxygen atoms in total. The minimum atomic E-state index is -0.135. The van der Waals surface area contributed by atoms with Crippen molar-refractivity contribution in [3.05, 3.63) is 16.9 Å². The molecule has 0 saturated carbocycles. The predicted octanol–water partition coefficient (Wildman–Crippen LogP) is 1.49. The summed E-state index contributed by atoms with van der Waals surface area (Å²) in [5.41, 5.74) is 0. The van der Waals surface area contributed by atoms with Crippen LogP contribution in [0.15, 0.2) is 16.9 Å². The summed E-state index contributed by atoms with van der Waals surface area (Å²) >= 11 is 3.32. The van der Waals surface area contributed by atoms with Crippen molar-refractivity contribution in [3.8, 4) is 0 Å². The van der Waals surface area contributed by atoms with Crippen molar-refractivity contribution in [2.75, 3.05) is 6.54 Å². The van der Waals surface area contributed by atoms with Crippen LogP contribution in [0.5, 0.6) is 0 Å². The predicted molar refractivity (Wildman–Crippen MR) is 55.8 cm³/mol. The number of nitrogens with zero attached hydrogens (tertiary/aromatic N) is 2. The minimum absolute atomic E-state index is 0.0816. The molecular weight excluding hydrogens is 246 g/mol. The molecule has 0 spiro atoms. The highest BCUT2D eigenvalue weighted by molar-refractivity contribution is 9.10. The van der Waals surface area contributed by atoms with Gasteiger partial charge in [0, 0.05) is 12.7 Å². The zero-order valence-corrected chi connectivity index (χ0v) is 9.33. The van der Waals surface area contributed by atoms with E-state index in [2.05, 4.69) is 26.3 Å². The summed E-state index contributed by atoms with van der Waals surface area (Å²) in [6, 6.07) is -0.135. The maximum atomic E-state index is 11.6. The van der Waals surface area contributed by atoms with Crippen molar-refractivity contribution in [1.82, 2.24) is 15.1 Å². The molecule has 5 heteroatoms. The molecule has 0 aliphatic carbocycles. The van der Waals surface area contributed by atoms with Gasteiger partial charge in [0.1, 0.15) is 6.04 Å². The molecule has 1 aliphatic rings. The van der Waals surface area contributed by atoms with Gasteiger partial charge in [0.05, 0.1) is 10.7 Å². The molecule has 1 atom stereocenters. The van der Waals surface area contributed by atoms with Gasteiger partial charge in [0.25, 0.3) is 0 Å². The van der Waals surface area contributed by atoms with Crippen LogP contribution in [0.25, 0.3) is 0 Å². The Labute approximate surface area is 90.8 Å². The van der Waals surface area contributed by atoms with E-state index >= 15 is 0 Å². The van der Waals surface area contributed by atoms with Crippen LogP contribution in [0.4, 0.5) is 0 Å². The molecule has 0 bridgehead atoms. The van der Waals surface area contributed by atoms with Crippen LogP contribution in [-0.2, 0) is 4.79 Å². The lowest BCUT2D eigenvalue weighted by molar-refractivity contribution is -0.124. The molecule has 0 radical (unpaired) electrons. The lowest BCUT2D eigenvalue weighted by Crippen LogP contribution is -2.31. The Hall–Kier alpha value is -0.840. The summed E-state index contributed by atoms with van der Waals surface area (Å²) < 4.78 is 2.64. The summed E-state index contributed by atoms with van der Waals surface area (Å²) in [7, 11) is 0. The Morgan fingerprint density at radius 2 is 2.43 bits per heavy atom. The maximum absolute atomic E-state index is 11.6. The molecule has 2 heterocycles. The van der Waals surface area contributed by atoms with E-state index in [4.69, 9.17) is 0 Å². The normalized spacial score (nSPS) is 22.9. The Balaban J connectivity index is 2.18. The van der Waals surface area contributed by atoms with E-state index in [1.807, 2.05) is 6.20 Å². The second-order valence-corrected chi connectivity index (χ2v) is 4.36. The number of carbonyl (C=O) groups is 1. The Morgan fingerprint density at radius 3 is 3.14 bits per heavy atom. The monoisotopic (exact) mass is 257 g/mol. The number of hydrogen-bond acceptors (Lipinski definition) is 2. The average molecular weight is 258 g/mol. The average Bonchev–Trinajstić information content (AvgIpc) is 2.46. The fraction of sp³-hybridized carbons (Fsp3) is 0.556. The summed E-state index contributed by atoms with van der Waals surface area (Å²) in [6.45, 7) is 0.789. The van der Waals surface area contributed by atoms with E-state index in [9.17, 15) is 4.79 Å². The lowest BCUT2D eigenvalue weighted by atomic mass is 10.1. The van der Waals surface area contributed by atoms with Crippen molar-refractivity contribution in [2.45, 2.75) is 25.3 Å². The van der Waals surface area contributed by atoms with Crippen LogP contribution in [0.3, 0.4) is 0 Å². The van der Waals surface area contributed by atoms with Gasteiger partial charge in [-0.05, 0) is 35.2 Å². The highest BCUT2D eigenvalue weighted by Gasteiger charge is 2.22. The molecule has 1 saturated heterocycles.